The van der Waals surface area contributed by atoms with Crippen LogP contribution in [-0.4, -0.2) is 54.1 Å². The topological polar surface area (TPSA) is 32.5 Å². The molecule has 0 spiro atoms. The number of piperazine rings is 1. The van der Waals surface area contributed by atoms with Gasteiger partial charge in [-0.05, 0) is 45.6 Å². The van der Waals surface area contributed by atoms with Gasteiger partial charge in [0.1, 0.15) is 0 Å². The van der Waals surface area contributed by atoms with E-state index >= 15 is 0 Å². The van der Waals surface area contributed by atoms with Gasteiger partial charge in [0.2, 0.25) is 0 Å². The Hall–Kier alpha value is -0.120. The molecule has 4 unspecified atom stereocenters. The third-order valence-electron chi connectivity index (χ3n) is 5.24. The quantitative estimate of drug-likeness (QED) is 0.773. The van der Waals surface area contributed by atoms with E-state index in [1.807, 2.05) is 0 Å². The molecule has 4 atom stereocenters. The lowest BCUT2D eigenvalue weighted by molar-refractivity contribution is -0.0179. The highest BCUT2D eigenvalue weighted by Crippen LogP contribution is 2.33. The Labute approximate surface area is 113 Å². The summed E-state index contributed by atoms with van der Waals surface area (Å²) in [5.41, 5.74) is 6.74. The second kappa shape index (κ2) is 5.10. The second-order valence-electron chi connectivity index (χ2n) is 7.41. The fraction of sp³-hybridized carbons (Fsp3) is 1.00. The number of nitrogens with two attached hydrogens (primary N) is 1. The number of nitrogens with zero attached hydrogens (tertiary/aromatic N) is 2. The Morgan fingerprint density at radius 3 is 2.33 bits per heavy atom. The molecule has 1 saturated carbocycles. The highest BCUT2D eigenvalue weighted by molar-refractivity contribution is 4.97. The van der Waals surface area contributed by atoms with Crippen molar-refractivity contribution in [1.29, 1.82) is 0 Å². The highest BCUT2D eigenvalue weighted by atomic mass is 15.3. The SMILES string of the molecule is CC1CC(C)C(N2CCN(C)C(C)(C)C2)C(N)C1. The lowest BCUT2D eigenvalue weighted by Crippen LogP contribution is -2.64. The van der Waals surface area contributed by atoms with Crippen molar-refractivity contribution in [3.8, 4) is 0 Å². The third kappa shape index (κ3) is 2.73. The number of likely N-dealkylation sites (N-methyl/N-ethyl adjacent to an activating group) is 1. The smallest absolute Gasteiger partial charge is 0.0277 e. The van der Waals surface area contributed by atoms with Crippen LogP contribution in [0.4, 0.5) is 0 Å². The van der Waals surface area contributed by atoms with Gasteiger partial charge in [0.05, 0.1) is 0 Å². The van der Waals surface area contributed by atoms with Crippen LogP contribution in [0.2, 0.25) is 0 Å². The van der Waals surface area contributed by atoms with Gasteiger partial charge in [-0.1, -0.05) is 13.8 Å². The van der Waals surface area contributed by atoms with Gasteiger partial charge in [0.15, 0.2) is 0 Å². The Morgan fingerprint density at radius 1 is 1.11 bits per heavy atom. The van der Waals surface area contributed by atoms with E-state index in [0.717, 1.165) is 18.4 Å². The zero-order valence-electron chi connectivity index (χ0n) is 12.8. The van der Waals surface area contributed by atoms with E-state index < -0.39 is 0 Å². The zero-order valence-corrected chi connectivity index (χ0v) is 12.8. The van der Waals surface area contributed by atoms with Gasteiger partial charge in [0.25, 0.3) is 0 Å². The van der Waals surface area contributed by atoms with Crippen LogP contribution in [0.3, 0.4) is 0 Å². The monoisotopic (exact) mass is 253 g/mol. The summed E-state index contributed by atoms with van der Waals surface area (Å²) in [5, 5.41) is 0. The van der Waals surface area contributed by atoms with Crippen LogP contribution in [0.5, 0.6) is 0 Å². The first-order valence-corrected chi connectivity index (χ1v) is 7.52. The minimum absolute atomic E-state index is 0.279. The second-order valence-corrected chi connectivity index (χ2v) is 7.41. The fourth-order valence-corrected chi connectivity index (χ4v) is 4.06. The van der Waals surface area contributed by atoms with Crippen molar-refractivity contribution in [2.24, 2.45) is 17.6 Å². The molecule has 2 fully saturated rings. The summed E-state index contributed by atoms with van der Waals surface area (Å²) in [6.07, 6.45) is 2.53. The van der Waals surface area contributed by atoms with Crippen LogP contribution in [-0.2, 0) is 0 Å². The van der Waals surface area contributed by atoms with Crippen LogP contribution in [0.1, 0.15) is 40.5 Å². The van der Waals surface area contributed by atoms with E-state index in [-0.39, 0.29) is 5.54 Å². The molecule has 18 heavy (non-hydrogen) atoms. The molecule has 1 heterocycles. The van der Waals surface area contributed by atoms with Crippen LogP contribution in [0, 0.1) is 11.8 Å². The van der Waals surface area contributed by atoms with Gasteiger partial charge in [-0.2, -0.15) is 0 Å². The van der Waals surface area contributed by atoms with Crippen LogP contribution in [0.15, 0.2) is 0 Å². The van der Waals surface area contributed by atoms with Crippen LogP contribution < -0.4 is 5.73 Å². The van der Waals surface area contributed by atoms with Gasteiger partial charge >= 0.3 is 0 Å². The molecule has 2 rings (SSSR count). The molecule has 106 valence electrons. The summed E-state index contributed by atoms with van der Waals surface area (Å²) in [4.78, 5) is 5.15. The van der Waals surface area contributed by atoms with Gasteiger partial charge in [0, 0.05) is 37.3 Å². The number of hydrogen-bond acceptors (Lipinski definition) is 3. The maximum absolute atomic E-state index is 6.46. The summed E-state index contributed by atoms with van der Waals surface area (Å²) in [5.74, 6) is 1.54. The van der Waals surface area contributed by atoms with Crippen molar-refractivity contribution < 1.29 is 0 Å². The molecule has 0 aromatic carbocycles. The fourth-order valence-electron chi connectivity index (χ4n) is 4.06. The third-order valence-corrected chi connectivity index (χ3v) is 5.24. The van der Waals surface area contributed by atoms with Crippen molar-refractivity contribution in [2.45, 2.75) is 58.2 Å². The average molecular weight is 253 g/mol. The number of hydrogen-bond donors (Lipinski definition) is 1. The average Bonchev–Trinajstić information content (AvgIpc) is 2.21. The molecule has 0 amide bonds. The molecule has 3 heteroatoms. The lowest BCUT2D eigenvalue weighted by atomic mass is 9.75. The molecule has 3 nitrogen and oxygen atoms in total. The Kier molecular flexibility index (Phi) is 4.05. The standard InChI is InChI=1S/C15H31N3/c1-11-8-12(2)14(13(16)9-11)18-7-6-17(5)15(3,4)10-18/h11-14H,6-10,16H2,1-5H3. The Bertz CT molecular complexity index is 277. The van der Waals surface area contributed by atoms with Crippen molar-refractivity contribution in [2.75, 3.05) is 26.7 Å². The van der Waals surface area contributed by atoms with Crippen LogP contribution >= 0.6 is 0 Å². The van der Waals surface area contributed by atoms with E-state index in [9.17, 15) is 0 Å². The van der Waals surface area contributed by atoms with Gasteiger partial charge < -0.3 is 5.73 Å². The van der Waals surface area contributed by atoms with E-state index in [2.05, 4.69) is 44.5 Å². The molecule has 1 aliphatic heterocycles. The van der Waals surface area contributed by atoms with E-state index in [1.165, 1.54) is 25.9 Å². The van der Waals surface area contributed by atoms with E-state index in [0.29, 0.717) is 12.1 Å². The summed E-state index contributed by atoms with van der Waals surface area (Å²) in [6, 6.07) is 0.956. The molecule has 1 saturated heterocycles. The molecule has 0 aromatic rings. The minimum Gasteiger partial charge on any atom is -0.326 e. The highest BCUT2D eigenvalue weighted by Gasteiger charge is 2.40. The molecule has 0 radical (unpaired) electrons. The van der Waals surface area contributed by atoms with Crippen molar-refractivity contribution in [3.63, 3.8) is 0 Å². The first-order valence-electron chi connectivity index (χ1n) is 7.52. The molecule has 0 aromatic heterocycles. The number of rotatable bonds is 1. The Morgan fingerprint density at radius 2 is 1.78 bits per heavy atom. The predicted molar refractivity (Wildman–Crippen MR) is 77.6 cm³/mol. The molecule has 1 aliphatic carbocycles. The first kappa shape index (κ1) is 14.3. The first-order chi connectivity index (χ1) is 8.31. The largest absolute Gasteiger partial charge is 0.326 e. The predicted octanol–water partition coefficient (Wildman–Crippen LogP) is 1.77. The van der Waals surface area contributed by atoms with E-state index in [4.69, 9.17) is 5.73 Å². The van der Waals surface area contributed by atoms with Gasteiger partial charge in [-0.3, -0.25) is 9.80 Å². The summed E-state index contributed by atoms with van der Waals surface area (Å²) < 4.78 is 0. The van der Waals surface area contributed by atoms with Crippen molar-refractivity contribution in [3.05, 3.63) is 0 Å². The van der Waals surface area contributed by atoms with Crippen LogP contribution in [0.25, 0.3) is 0 Å². The normalized spacial score (nSPS) is 43.0. The zero-order chi connectivity index (χ0) is 13.5. The Balaban J connectivity index is 2.07. The summed E-state index contributed by atoms with van der Waals surface area (Å²) >= 11 is 0. The lowest BCUT2D eigenvalue weighted by Gasteiger charge is -2.52. The molecule has 2 aliphatic rings. The molecular weight excluding hydrogens is 222 g/mol. The summed E-state index contributed by atoms with van der Waals surface area (Å²) in [7, 11) is 2.24. The van der Waals surface area contributed by atoms with Crippen molar-refractivity contribution in [1.82, 2.24) is 9.80 Å². The maximum Gasteiger partial charge on any atom is 0.0277 e. The van der Waals surface area contributed by atoms with E-state index in [1.54, 1.807) is 0 Å². The van der Waals surface area contributed by atoms with Gasteiger partial charge in [-0.15, -0.1) is 0 Å². The maximum atomic E-state index is 6.46. The minimum atomic E-state index is 0.279. The van der Waals surface area contributed by atoms with Crippen molar-refractivity contribution >= 4 is 0 Å². The molecule has 2 N–H and O–H groups in total. The molecular formula is C15H31N3. The van der Waals surface area contributed by atoms with Gasteiger partial charge in [-0.25, -0.2) is 0 Å². The molecule has 0 bridgehead atoms. The summed E-state index contributed by atoms with van der Waals surface area (Å²) in [6.45, 7) is 12.9.